The molecule has 0 bridgehead atoms. The average molecular weight is 471 g/mol. The summed E-state index contributed by atoms with van der Waals surface area (Å²) in [5.74, 6) is 1.50. The van der Waals surface area contributed by atoms with E-state index in [1.807, 2.05) is 53.4 Å². The minimum absolute atomic E-state index is 0.142. The summed E-state index contributed by atoms with van der Waals surface area (Å²) in [4.78, 5) is 12.9. The van der Waals surface area contributed by atoms with Crippen LogP contribution in [0.25, 0.3) is 11.3 Å². The van der Waals surface area contributed by atoms with Gasteiger partial charge in [-0.05, 0) is 70.8 Å². The van der Waals surface area contributed by atoms with Gasteiger partial charge < -0.3 is 5.32 Å². The van der Waals surface area contributed by atoms with Crippen LogP contribution in [0, 0.1) is 0 Å². The van der Waals surface area contributed by atoms with Gasteiger partial charge in [0, 0.05) is 18.0 Å². The van der Waals surface area contributed by atoms with Crippen LogP contribution in [-0.2, 0) is 0 Å². The molecule has 3 aromatic heterocycles. The van der Waals surface area contributed by atoms with Crippen LogP contribution in [0.15, 0.2) is 65.5 Å². The molecular formula is C20H19BrN6OS. The minimum atomic E-state index is -0.228. The number of amides is 1. The van der Waals surface area contributed by atoms with Gasteiger partial charge in [0.25, 0.3) is 5.91 Å². The summed E-state index contributed by atoms with van der Waals surface area (Å²) >= 11 is 5.12. The molecule has 1 amide bonds. The Morgan fingerprint density at radius 1 is 1.21 bits per heavy atom. The zero-order chi connectivity index (χ0) is 20.2. The van der Waals surface area contributed by atoms with Crippen molar-refractivity contribution in [2.75, 3.05) is 12.0 Å². The number of fused-ring (bicyclic) bond motifs is 1. The van der Waals surface area contributed by atoms with Crippen molar-refractivity contribution in [2.24, 2.45) is 0 Å². The fraction of sp³-hybridized carbons (Fsp3) is 0.200. The van der Waals surface area contributed by atoms with Crippen LogP contribution in [0.3, 0.4) is 0 Å². The monoisotopic (exact) mass is 470 g/mol. The first kappa shape index (κ1) is 19.7. The zero-order valence-corrected chi connectivity index (χ0v) is 18.1. The molecule has 29 heavy (non-hydrogen) atoms. The Bertz CT molecular complexity index is 1120. The van der Waals surface area contributed by atoms with E-state index in [0.29, 0.717) is 5.56 Å². The molecule has 7 nitrogen and oxygen atoms in total. The van der Waals surface area contributed by atoms with E-state index in [0.717, 1.165) is 33.8 Å². The molecule has 4 rings (SSSR count). The largest absolute Gasteiger partial charge is 0.342 e. The highest BCUT2D eigenvalue weighted by Gasteiger charge is 2.21. The number of thioether (sulfide) groups is 1. The van der Waals surface area contributed by atoms with E-state index in [1.165, 1.54) is 0 Å². The van der Waals surface area contributed by atoms with E-state index in [9.17, 15) is 4.79 Å². The fourth-order valence-corrected chi connectivity index (χ4v) is 3.81. The van der Waals surface area contributed by atoms with Crippen molar-refractivity contribution < 1.29 is 4.79 Å². The molecule has 0 aliphatic rings. The van der Waals surface area contributed by atoms with Gasteiger partial charge >= 0.3 is 0 Å². The van der Waals surface area contributed by atoms with Crippen LogP contribution in [0.1, 0.15) is 28.6 Å². The molecule has 0 aliphatic carbocycles. The van der Waals surface area contributed by atoms with Gasteiger partial charge in [0.2, 0.25) is 0 Å². The Hall–Kier alpha value is -2.65. The Labute approximate surface area is 180 Å². The van der Waals surface area contributed by atoms with Gasteiger partial charge in [-0.2, -0.15) is 16.9 Å². The number of halogens is 1. The van der Waals surface area contributed by atoms with Crippen LogP contribution >= 0.6 is 27.7 Å². The number of pyridine rings is 1. The normalized spacial score (nSPS) is 12.2. The van der Waals surface area contributed by atoms with Crippen LogP contribution < -0.4 is 5.32 Å². The molecule has 0 fully saturated rings. The third-order valence-corrected chi connectivity index (χ3v) is 5.57. The Morgan fingerprint density at radius 2 is 2.03 bits per heavy atom. The first-order valence-corrected chi connectivity index (χ1v) is 11.2. The van der Waals surface area contributed by atoms with E-state index in [1.54, 1.807) is 34.8 Å². The molecule has 1 aromatic carbocycles. The first-order valence-electron chi connectivity index (χ1n) is 9.06. The van der Waals surface area contributed by atoms with Gasteiger partial charge in [-0.25, -0.2) is 4.68 Å². The van der Waals surface area contributed by atoms with E-state index in [4.69, 9.17) is 0 Å². The second kappa shape index (κ2) is 8.79. The first-order chi connectivity index (χ1) is 14.2. The molecule has 0 saturated heterocycles. The molecule has 0 aliphatic heterocycles. The summed E-state index contributed by atoms with van der Waals surface area (Å²) in [5, 5.41) is 15.9. The molecule has 148 valence electrons. The van der Waals surface area contributed by atoms with E-state index >= 15 is 0 Å². The maximum absolute atomic E-state index is 12.9. The van der Waals surface area contributed by atoms with E-state index in [-0.39, 0.29) is 11.9 Å². The van der Waals surface area contributed by atoms with Gasteiger partial charge in [0.05, 0.1) is 22.4 Å². The number of nitrogens with one attached hydrogen (secondary N) is 1. The van der Waals surface area contributed by atoms with Crippen molar-refractivity contribution in [3.63, 3.8) is 0 Å². The van der Waals surface area contributed by atoms with Crippen LogP contribution in [0.5, 0.6) is 0 Å². The lowest BCUT2D eigenvalue weighted by Gasteiger charge is -2.17. The number of aromatic nitrogens is 5. The van der Waals surface area contributed by atoms with Crippen LogP contribution in [-0.4, -0.2) is 42.3 Å². The highest BCUT2D eigenvalue weighted by atomic mass is 79.9. The molecular weight excluding hydrogens is 452 g/mol. The van der Waals surface area contributed by atoms with E-state index < -0.39 is 0 Å². The second-order valence-corrected chi connectivity index (χ2v) is 8.35. The standard InChI is InChI=1S/C20H19BrN6OS/c1-29-11-9-17(19-25-24-18-4-2-3-10-26(18)19)23-20(28)14-5-7-16(8-6-14)27-13-15(21)12-22-27/h2-8,10,12-13,17H,9,11H2,1H3,(H,23,28). The number of hydrogen-bond donors (Lipinski definition) is 1. The lowest BCUT2D eigenvalue weighted by Crippen LogP contribution is -2.30. The van der Waals surface area contributed by atoms with Crippen LogP contribution in [0.2, 0.25) is 0 Å². The highest BCUT2D eigenvalue weighted by molar-refractivity contribution is 9.10. The minimum Gasteiger partial charge on any atom is -0.342 e. The van der Waals surface area contributed by atoms with Crippen molar-refractivity contribution in [3.8, 4) is 5.69 Å². The second-order valence-electron chi connectivity index (χ2n) is 6.44. The molecule has 4 aromatic rings. The maximum Gasteiger partial charge on any atom is 0.251 e. The molecule has 1 atom stereocenters. The molecule has 9 heteroatoms. The lowest BCUT2D eigenvalue weighted by atomic mass is 10.1. The maximum atomic E-state index is 12.9. The number of carbonyl (C=O) groups is 1. The predicted molar refractivity (Wildman–Crippen MR) is 117 cm³/mol. The fourth-order valence-electron chi connectivity index (χ4n) is 3.05. The number of hydrogen-bond acceptors (Lipinski definition) is 5. The summed E-state index contributed by atoms with van der Waals surface area (Å²) in [7, 11) is 0. The molecule has 0 radical (unpaired) electrons. The van der Waals surface area contributed by atoms with E-state index in [2.05, 4.69) is 36.5 Å². The van der Waals surface area contributed by atoms with Gasteiger partial charge in [-0.1, -0.05) is 6.07 Å². The number of benzene rings is 1. The molecule has 0 spiro atoms. The molecule has 1 N–H and O–H groups in total. The summed E-state index contributed by atoms with van der Waals surface area (Å²) < 4.78 is 4.57. The number of carbonyl (C=O) groups excluding carboxylic acids is 1. The highest BCUT2D eigenvalue weighted by Crippen LogP contribution is 2.20. The Morgan fingerprint density at radius 3 is 2.76 bits per heavy atom. The summed E-state index contributed by atoms with van der Waals surface area (Å²) in [6.07, 6.45) is 8.32. The molecule has 0 saturated carbocycles. The quantitative estimate of drug-likeness (QED) is 0.443. The Balaban J connectivity index is 1.55. The smallest absolute Gasteiger partial charge is 0.251 e. The zero-order valence-electron chi connectivity index (χ0n) is 15.7. The average Bonchev–Trinajstić information content (AvgIpc) is 3.37. The summed E-state index contributed by atoms with van der Waals surface area (Å²) in [6, 6.07) is 12.9. The number of rotatable bonds is 7. The topological polar surface area (TPSA) is 77.1 Å². The summed E-state index contributed by atoms with van der Waals surface area (Å²) in [5.41, 5.74) is 2.23. The van der Waals surface area contributed by atoms with Crippen LogP contribution in [0.4, 0.5) is 0 Å². The lowest BCUT2D eigenvalue weighted by molar-refractivity contribution is 0.0934. The Kier molecular flexibility index (Phi) is 5.96. The summed E-state index contributed by atoms with van der Waals surface area (Å²) in [6.45, 7) is 0. The SMILES string of the molecule is CSCCC(NC(=O)c1ccc(-n2cc(Br)cn2)cc1)c1nnc2ccccn12. The van der Waals surface area contributed by atoms with Crippen molar-refractivity contribution >= 4 is 39.2 Å². The van der Waals surface area contributed by atoms with Crippen molar-refractivity contribution in [2.45, 2.75) is 12.5 Å². The van der Waals surface area contributed by atoms with Gasteiger partial charge in [-0.15, -0.1) is 10.2 Å². The van der Waals surface area contributed by atoms with Crippen molar-refractivity contribution in [1.29, 1.82) is 0 Å². The van der Waals surface area contributed by atoms with Crippen molar-refractivity contribution in [1.82, 2.24) is 29.7 Å². The predicted octanol–water partition coefficient (Wildman–Crippen LogP) is 3.90. The molecule has 3 heterocycles. The third-order valence-electron chi connectivity index (χ3n) is 4.51. The van der Waals surface area contributed by atoms with Gasteiger partial charge in [-0.3, -0.25) is 9.20 Å². The molecule has 1 unspecified atom stereocenters. The van der Waals surface area contributed by atoms with Gasteiger partial charge in [0.15, 0.2) is 11.5 Å². The number of nitrogens with zero attached hydrogens (tertiary/aromatic N) is 5. The van der Waals surface area contributed by atoms with Gasteiger partial charge in [0.1, 0.15) is 0 Å². The third kappa shape index (κ3) is 4.35. The van der Waals surface area contributed by atoms with Crippen molar-refractivity contribution in [3.05, 3.63) is 76.9 Å².